The minimum Gasteiger partial charge on any atom is -0.478 e. The number of rotatable bonds is 5. The fourth-order valence-corrected chi connectivity index (χ4v) is 1.09. The van der Waals surface area contributed by atoms with E-state index in [-0.39, 0.29) is 5.56 Å². The third kappa shape index (κ3) is 3.44. The summed E-state index contributed by atoms with van der Waals surface area (Å²) >= 11 is 0. The molecule has 0 heterocycles. The Kier molecular flexibility index (Phi) is 4.37. The molecule has 1 aromatic rings. The van der Waals surface area contributed by atoms with Crippen LogP contribution in [-0.2, 0) is 4.84 Å². The summed E-state index contributed by atoms with van der Waals surface area (Å²) in [6.07, 6.45) is 3.21. The van der Waals surface area contributed by atoms with Crippen molar-refractivity contribution in [1.82, 2.24) is 5.48 Å². The van der Waals surface area contributed by atoms with Gasteiger partial charge in [0.2, 0.25) is 0 Å². The molecule has 0 saturated heterocycles. The van der Waals surface area contributed by atoms with Crippen LogP contribution in [0.4, 0.5) is 0 Å². The molecule has 4 heteroatoms. The van der Waals surface area contributed by atoms with Crippen LogP contribution in [0, 0.1) is 0 Å². The maximum Gasteiger partial charge on any atom is 0.336 e. The van der Waals surface area contributed by atoms with E-state index in [0.29, 0.717) is 12.2 Å². The fourth-order valence-electron chi connectivity index (χ4n) is 1.09. The lowest BCUT2D eigenvalue weighted by molar-refractivity contribution is 0.0696. The summed E-state index contributed by atoms with van der Waals surface area (Å²) in [5.41, 5.74) is 3.48. The van der Waals surface area contributed by atoms with Crippen LogP contribution in [0.3, 0.4) is 0 Å². The van der Waals surface area contributed by atoms with Gasteiger partial charge < -0.3 is 5.11 Å². The van der Waals surface area contributed by atoms with Gasteiger partial charge in [-0.2, -0.15) is 0 Å². The minimum absolute atomic E-state index is 0.270. The van der Waals surface area contributed by atoms with Crippen LogP contribution >= 0.6 is 0 Å². The van der Waals surface area contributed by atoms with Crippen LogP contribution in [0.15, 0.2) is 30.5 Å². The number of carboxylic acid groups (broad SMARTS) is 1. The number of carboxylic acids is 1. The van der Waals surface area contributed by atoms with Crippen LogP contribution in [0.1, 0.15) is 22.8 Å². The first-order valence-electron chi connectivity index (χ1n) is 4.62. The van der Waals surface area contributed by atoms with Crippen molar-refractivity contribution in [3.05, 3.63) is 41.6 Å². The molecule has 0 fully saturated rings. The second-order valence-electron chi connectivity index (χ2n) is 2.78. The zero-order valence-electron chi connectivity index (χ0n) is 8.43. The highest BCUT2D eigenvalue weighted by Crippen LogP contribution is 2.09. The molecule has 1 rings (SSSR count). The molecule has 0 spiro atoms. The van der Waals surface area contributed by atoms with Gasteiger partial charge in [0.15, 0.2) is 0 Å². The second kappa shape index (κ2) is 5.82. The molecule has 0 radical (unpaired) electrons. The highest BCUT2D eigenvalue weighted by molar-refractivity contribution is 5.92. The molecule has 0 aliphatic carbocycles. The maximum absolute atomic E-state index is 10.8. The van der Waals surface area contributed by atoms with Crippen molar-refractivity contribution >= 4 is 12.0 Å². The molecule has 0 aliphatic rings. The lowest BCUT2D eigenvalue weighted by Crippen LogP contribution is -2.05. The molecule has 0 aliphatic heterocycles. The molecule has 1 aromatic carbocycles. The van der Waals surface area contributed by atoms with E-state index in [0.717, 1.165) is 0 Å². The van der Waals surface area contributed by atoms with Crippen molar-refractivity contribution in [2.45, 2.75) is 6.92 Å². The van der Waals surface area contributed by atoms with Gasteiger partial charge in [-0.1, -0.05) is 18.2 Å². The monoisotopic (exact) mass is 207 g/mol. The van der Waals surface area contributed by atoms with Gasteiger partial charge in [0.05, 0.1) is 12.2 Å². The molecule has 0 saturated carbocycles. The molecule has 15 heavy (non-hydrogen) atoms. The first kappa shape index (κ1) is 11.3. The van der Waals surface area contributed by atoms with Crippen molar-refractivity contribution in [3.63, 3.8) is 0 Å². The Morgan fingerprint density at radius 1 is 1.53 bits per heavy atom. The van der Waals surface area contributed by atoms with E-state index in [1.165, 1.54) is 0 Å². The summed E-state index contributed by atoms with van der Waals surface area (Å²) in [4.78, 5) is 15.7. The lowest BCUT2D eigenvalue weighted by atomic mass is 10.1. The molecule has 0 amide bonds. The van der Waals surface area contributed by atoms with Gasteiger partial charge in [-0.3, -0.25) is 10.3 Å². The van der Waals surface area contributed by atoms with E-state index in [4.69, 9.17) is 9.94 Å². The summed E-state index contributed by atoms with van der Waals surface area (Å²) in [5, 5.41) is 8.88. The molecule has 2 N–H and O–H groups in total. The maximum atomic E-state index is 10.8. The van der Waals surface area contributed by atoms with Crippen LogP contribution in [0.25, 0.3) is 6.08 Å². The molecule has 0 atom stereocenters. The van der Waals surface area contributed by atoms with E-state index < -0.39 is 5.97 Å². The highest BCUT2D eigenvalue weighted by Gasteiger charge is 2.05. The molecule has 0 aromatic heterocycles. The predicted molar refractivity (Wildman–Crippen MR) is 57.2 cm³/mol. The van der Waals surface area contributed by atoms with Crippen LogP contribution in [0.5, 0.6) is 0 Å². The Labute approximate surface area is 88.1 Å². The normalized spacial score (nSPS) is 10.5. The molecule has 0 unspecified atom stereocenters. The Balaban J connectivity index is 2.75. The van der Waals surface area contributed by atoms with Crippen molar-refractivity contribution in [3.8, 4) is 0 Å². The van der Waals surface area contributed by atoms with E-state index in [1.54, 1.807) is 36.5 Å². The molecule has 80 valence electrons. The third-order valence-electron chi connectivity index (χ3n) is 1.75. The van der Waals surface area contributed by atoms with Crippen LogP contribution < -0.4 is 5.48 Å². The fraction of sp³-hybridized carbons (Fsp3) is 0.182. The summed E-state index contributed by atoms with van der Waals surface area (Å²) in [5.74, 6) is -0.938. The van der Waals surface area contributed by atoms with E-state index in [9.17, 15) is 4.79 Å². The smallest absolute Gasteiger partial charge is 0.336 e. The molecular weight excluding hydrogens is 194 g/mol. The standard InChI is InChI=1S/C11H13NO3/c1-2-15-12-8-7-9-5-3-4-6-10(9)11(13)14/h3-8,12H,2H2,1H3,(H,13,14). The Morgan fingerprint density at radius 2 is 2.27 bits per heavy atom. The third-order valence-corrected chi connectivity index (χ3v) is 1.75. The number of carbonyl (C=O) groups is 1. The van der Waals surface area contributed by atoms with E-state index >= 15 is 0 Å². The quantitative estimate of drug-likeness (QED) is 0.572. The van der Waals surface area contributed by atoms with Crippen molar-refractivity contribution < 1.29 is 14.7 Å². The number of nitrogens with one attached hydrogen (secondary N) is 1. The van der Waals surface area contributed by atoms with Gasteiger partial charge >= 0.3 is 5.97 Å². The largest absolute Gasteiger partial charge is 0.478 e. The number of hydrogen-bond donors (Lipinski definition) is 2. The van der Waals surface area contributed by atoms with Gasteiger partial charge in [0.25, 0.3) is 0 Å². The summed E-state index contributed by atoms with van der Waals surface area (Å²) in [6, 6.07) is 6.76. The highest BCUT2D eigenvalue weighted by atomic mass is 16.6. The number of hydroxylamine groups is 1. The molecule has 0 bridgehead atoms. The number of aromatic carboxylic acids is 1. The predicted octanol–water partition coefficient (Wildman–Crippen LogP) is 1.90. The van der Waals surface area contributed by atoms with Gasteiger partial charge in [-0.05, 0) is 24.6 Å². The molecule has 4 nitrogen and oxygen atoms in total. The zero-order valence-corrected chi connectivity index (χ0v) is 8.43. The van der Waals surface area contributed by atoms with Crippen LogP contribution in [0.2, 0.25) is 0 Å². The average molecular weight is 207 g/mol. The number of hydrogen-bond acceptors (Lipinski definition) is 3. The van der Waals surface area contributed by atoms with Crippen LogP contribution in [-0.4, -0.2) is 17.7 Å². The van der Waals surface area contributed by atoms with Gasteiger partial charge in [0, 0.05) is 6.20 Å². The Bertz CT molecular complexity index is 361. The van der Waals surface area contributed by atoms with Crippen molar-refractivity contribution in [2.24, 2.45) is 0 Å². The number of benzene rings is 1. The first-order chi connectivity index (χ1) is 7.25. The van der Waals surface area contributed by atoms with Gasteiger partial charge in [0.1, 0.15) is 0 Å². The Hall–Kier alpha value is -1.81. The van der Waals surface area contributed by atoms with Gasteiger partial charge in [-0.15, -0.1) is 0 Å². The van der Waals surface area contributed by atoms with Gasteiger partial charge in [-0.25, -0.2) is 4.79 Å². The van der Waals surface area contributed by atoms with E-state index in [1.807, 2.05) is 6.92 Å². The summed E-state index contributed by atoms with van der Waals surface area (Å²) < 4.78 is 0. The Morgan fingerprint density at radius 3 is 2.93 bits per heavy atom. The van der Waals surface area contributed by atoms with E-state index in [2.05, 4.69) is 5.48 Å². The first-order valence-corrected chi connectivity index (χ1v) is 4.62. The zero-order chi connectivity index (χ0) is 11.1. The average Bonchev–Trinajstić information content (AvgIpc) is 2.25. The minimum atomic E-state index is -0.938. The lowest BCUT2D eigenvalue weighted by Gasteiger charge is -2.00. The summed E-state index contributed by atoms with van der Waals surface area (Å²) in [7, 11) is 0. The molecular formula is C11H13NO3. The summed E-state index contributed by atoms with van der Waals surface area (Å²) in [6.45, 7) is 2.40. The topological polar surface area (TPSA) is 58.6 Å². The second-order valence-corrected chi connectivity index (χ2v) is 2.78. The SMILES string of the molecule is CCONC=Cc1ccccc1C(=O)O. The van der Waals surface area contributed by atoms with Crippen molar-refractivity contribution in [1.29, 1.82) is 0 Å². The van der Waals surface area contributed by atoms with Crippen molar-refractivity contribution in [2.75, 3.05) is 6.61 Å².